The van der Waals surface area contributed by atoms with E-state index in [0.29, 0.717) is 13.1 Å². The molecule has 0 fully saturated rings. The average Bonchev–Trinajstić information content (AvgIpc) is 2.76. The van der Waals surface area contributed by atoms with Crippen LogP contribution in [0.4, 0.5) is 5.69 Å². The fourth-order valence-electron chi connectivity index (χ4n) is 1.64. The van der Waals surface area contributed by atoms with Crippen LogP contribution in [0.2, 0.25) is 5.02 Å². The normalized spacial score (nSPS) is 10.6. The molecule has 0 saturated carbocycles. The molecule has 1 aromatic heterocycles. The van der Waals surface area contributed by atoms with Gasteiger partial charge in [-0.3, -0.25) is 0 Å². The number of hydrogen-bond donors (Lipinski definition) is 2. The molecule has 2 aromatic rings. The predicted molar refractivity (Wildman–Crippen MR) is 70.6 cm³/mol. The van der Waals surface area contributed by atoms with E-state index in [1.54, 1.807) is 4.68 Å². The Kier molecular flexibility index (Phi) is 4.17. The Hall–Kier alpha value is -1.59. The van der Waals surface area contributed by atoms with Crippen molar-refractivity contribution in [3.63, 3.8) is 0 Å². The first kappa shape index (κ1) is 12.9. The topological polar surface area (TPSA) is 63.0 Å². The van der Waals surface area contributed by atoms with Crippen molar-refractivity contribution in [1.82, 2.24) is 15.0 Å². The van der Waals surface area contributed by atoms with E-state index >= 15 is 0 Å². The second kappa shape index (κ2) is 5.84. The lowest BCUT2D eigenvalue weighted by molar-refractivity contribution is 0.268. The second-order valence-corrected chi connectivity index (χ2v) is 4.45. The summed E-state index contributed by atoms with van der Waals surface area (Å²) >= 11 is 5.90. The van der Waals surface area contributed by atoms with Crippen LogP contribution < -0.4 is 5.32 Å². The smallest absolute Gasteiger partial charge is 0.102 e. The number of halogens is 1. The molecule has 0 aliphatic heterocycles. The molecule has 0 spiro atoms. The quantitative estimate of drug-likeness (QED) is 0.867. The standard InChI is InChI=1S/C12H15ClN4O/c1-9-6-10(13)2-3-12(9)14-7-11-8-17(4-5-18)16-15-11/h2-3,6,8,14,18H,4-5,7H2,1H3. The SMILES string of the molecule is Cc1cc(Cl)ccc1NCc1cn(CCO)nn1. The van der Waals surface area contributed by atoms with Crippen molar-refractivity contribution in [1.29, 1.82) is 0 Å². The van der Waals surface area contributed by atoms with Crippen LogP contribution in [0, 0.1) is 6.92 Å². The molecule has 1 aromatic carbocycles. The van der Waals surface area contributed by atoms with Crippen LogP contribution in [0.3, 0.4) is 0 Å². The lowest BCUT2D eigenvalue weighted by Gasteiger charge is -2.07. The van der Waals surface area contributed by atoms with Gasteiger partial charge in [0.1, 0.15) is 5.69 Å². The molecule has 2 rings (SSSR count). The van der Waals surface area contributed by atoms with E-state index in [1.807, 2.05) is 31.3 Å². The summed E-state index contributed by atoms with van der Waals surface area (Å²) < 4.78 is 1.62. The van der Waals surface area contributed by atoms with Crippen LogP contribution in [0.1, 0.15) is 11.3 Å². The van der Waals surface area contributed by atoms with Gasteiger partial charge in [-0.25, -0.2) is 4.68 Å². The van der Waals surface area contributed by atoms with E-state index in [4.69, 9.17) is 16.7 Å². The third-order valence-corrected chi connectivity index (χ3v) is 2.80. The Morgan fingerprint density at radius 3 is 3.00 bits per heavy atom. The molecule has 0 amide bonds. The van der Waals surface area contributed by atoms with Crippen LogP contribution in [-0.4, -0.2) is 26.7 Å². The summed E-state index contributed by atoms with van der Waals surface area (Å²) in [6.07, 6.45) is 1.81. The first-order valence-corrected chi connectivity index (χ1v) is 6.07. The van der Waals surface area contributed by atoms with Gasteiger partial charge in [0.15, 0.2) is 0 Å². The van der Waals surface area contributed by atoms with Gasteiger partial charge in [-0.15, -0.1) is 5.10 Å². The molecule has 0 bridgehead atoms. The van der Waals surface area contributed by atoms with Gasteiger partial charge in [0.05, 0.1) is 25.9 Å². The number of aliphatic hydroxyl groups is 1. The predicted octanol–water partition coefficient (Wildman–Crippen LogP) is 1.84. The van der Waals surface area contributed by atoms with Crippen LogP contribution >= 0.6 is 11.6 Å². The third-order valence-electron chi connectivity index (χ3n) is 2.56. The van der Waals surface area contributed by atoms with E-state index < -0.39 is 0 Å². The lowest BCUT2D eigenvalue weighted by atomic mass is 10.2. The molecular weight excluding hydrogens is 252 g/mol. The van der Waals surface area contributed by atoms with Crippen LogP contribution in [0.5, 0.6) is 0 Å². The summed E-state index contributed by atoms with van der Waals surface area (Å²) in [5, 5.41) is 20.7. The Labute approximate surface area is 110 Å². The molecule has 0 aliphatic carbocycles. The van der Waals surface area contributed by atoms with Gasteiger partial charge < -0.3 is 10.4 Å². The number of aryl methyl sites for hydroxylation is 1. The average molecular weight is 267 g/mol. The minimum Gasteiger partial charge on any atom is -0.394 e. The van der Waals surface area contributed by atoms with Gasteiger partial charge in [-0.2, -0.15) is 0 Å². The zero-order chi connectivity index (χ0) is 13.0. The monoisotopic (exact) mass is 266 g/mol. The van der Waals surface area contributed by atoms with E-state index in [2.05, 4.69) is 15.6 Å². The van der Waals surface area contributed by atoms with Crippen molar-refractivity contribution in [2.24, 2.45) is 0 Å². The van der Waals surface area contributed by atoms with Crippen molar-refractivity contribution in [2.45, 2.75) is 20.0 Å². The molecule has 96 valence electrons. The highest BCUT2D eigenvalue weighted by molar-refractivity contribution is 6.30. The number of rotatable bonds is 5. The zero-order valence-electron chi connectivity index (χ0n) is 10.1. The molecule has 0 saturated heterocycles. The molecule has 1 heterocycles. The number of aliphatic hydroxyl groups excluding tert-OH is 1. The number of hydrogen-bond acceptors (Lipinski definition) is 4. The maximum absolute atomic E-state index is 8.78. The third kappa shape index (κ3) is 3.21. The summed E-state index contributed by atoms with van der Waals surface area (Å²) in [5.41, 5.74) is 2.94. The fraction of sp³-hybridized carbons (Fsp3) is 0.333. The summed E-state index contributed by atoms with van der Waals surface area (Å²) in [6.45, 7) is 3.12. The van der Waals surface area contributed by atoms with Crippen molar-refractivity contribution in [3.05, 3.63) is 40.7 Å². The summed E-state index contributed by atoms with van der Waals surface area (Å²) in [5.74, 6) is 0. The molecule has 0 atom stereocenters. The van der Waals surface area contributed by atoms with Crippen molar-refractivity contribution >= 4 is 17.3 Å². The van der Waals surface area contributed by atoms with Gasteiger partial charge in [0, 0.05) is 10.7 Å². The molecule has 0 radical (unpaired) electrons. The van der Waals surface area contributed by atoms with Crippen molar-refractivity contribution < 1.29 is 5.11 Å². The highest BCUT2D eigenvalue weighted by Gasteiger charge is 2.02. The number of nitrogens with one attached hydrogen (secondary N) is 1. The number of nitrogens with zero attached hydrogens (tertiary/aromatic N) is 3. The molecule has 0 unspecified atom stereocenters. The summed E-state index contributed by atoms with van der Waals surface area (Å²) in [6, 6.07) is 5.70. The van der Waals surface area contributed by atoms with Crippen molar-refractivity contribution in [2.75, 3.05) is 11.9 Å². The second-order valence-electron chi connectivity index (χ2n) is 4.01. The van der Waals surface area contributed by atoms with E-state index in [-0.39, 0.29) is 6.61 Å². The van der Waals surface area contributed by atoms with E-state index in [1.165, 1.54) is 0 Å². The Bertz CT molecular complexity index is 527. The molecular formula is C12H15ClN4O. The van der Waals surface area contributed by atoms with E-state index in [9.17, 15) is 0 Å². The maximum atomic E-state index is 8.78. The minimum atomic E-state index is 0.0620. The highest BCUT2D eigenvalue weighted by atomic mass is 35.5. The summed E-state index contributed by atoms with van der Waals surface area (Å²) in [7, 11) is 0. The largest absolute Gasteiger partial charge is 0.394 e. The van der Waals surface area contributed by atoms with Gasteiger partial charge >= 0.3 is 0 Å². The first-order valence-electron chi connectivity index (χ1n) is 5.69. The zero-order valence-corrected chi connectivity index (χ0v) is 10.9. The van der Waals surface area contributed by atoms with Crippen LogP contribution in [0.15, 0.2) is 24.4 Å². The number of aromatic nitrogens is 3. The van der Waals surface area contributed by atoms with Gasteiger partial charge in [0.2, 0.25) is 0 Å². The number of benzene rings is 1. The van der Waals surface area contributed by atoms with Gasteiger partial charge in [-0.05, 0) is 30.7 Å². The lowest BCUT2D eigenvalue weighted by Crippen LogP contribution is -2.02. The molecule has 2 N–H and O–H groups in total. The van der Waals surface area contributed by atoms with Crippen LogP contribution in [-0.2, 0) is 13.1 Å². The maximum Gasteiger partial charge on any atom is 0.102 e. The fourth-order valence-corrected chi connectivity index (χ4v) is 1.87. The van der Waals surface area contributed by atoms with Gasteiger partial charge in [-0.1, -0.05) is 16.8 Å². The van der Waals surface area contributed by atoms with E-state index in [0.717, 1.165) is 22.0 Å². The van der Waals surface area contributed by atoms with Crippen LogP contribution in [0.25, 0.3) is 0 Å². The Morgan fingerprint density at radius 1 is 1.44 bits per heavy atom. The van der Waals surface area contributed by atoms with Crippen molar-refractivity contribution in [3.8, 4) is 0 Å². The molecule has 18 heavy (non-hydrogen) atoms. The molecule has 5 nitrogen and oxygen atoms in total. The Morgan fingerprint density at radius 2 is 2.28 bits per heavy atom. The highest BCUT2D eigenvalue weighted by Crippen LogP contribution is 2.19. The summed E-state index contributed by atoms with van der Waals surface area (Å²) in [4.78, 5) is 0. The molecule has 6 heteroatoms. The minimum absolute atomic E-state index is 0.0620. The first-order chi connectivity index (χ1) is 8.69. The van der Waals surface area contributed by atoms with Gasteiger partial charge in [0.25, 0.3) is 0 Å². The molecule has 0 aliphatic rings. The Balaban J connectivity index is 1.97. The number of anilines is 1.